The van der Waals surface area contributed by atoms with Crippen LogP contribution in [0.25, 0.3) is 0 Å². The normalized spacial score (nSPS) is 11.0. The summed E-state index contributed by atoms with van der Waals surface area (Å²) >= 11 is 6.07. The average molecular weight is 431 g/mol. The van der Waals surface area contributed by atoms with Crippen molar-refractivity contribution in [2.75, 3.05) is 17.1 Å². The Labute approximate surface area is 174 Å². The van der Waals surface area contributed by atoms with Gasteiger partial charge in [-0.05, 0) is 73.2 Å². The molecule has 0 aliphatic rings. The lowest BCUT2D eigenvalue weighted by Gasteiger charge is -2.10. The molecule has 1 amide bonds. The summed E-state index contributed by atoms with van der Waals surface area (Å²) in [7, 11) is -2.24. The van der Waals surface area contributed by atoms with Gasteiger partial charge in [-0.25, -0.2) is 8.42 Å². The first kappa shape index (κ1) is 20.7. The van der Waals surface area contributed by atoms with Crippen molar-refractivity contribution in [1.29, 1.82) is 0 Å². The van der Waals surface area contributed by atoms with E-state index in [1.807, 2.05) is 13.0 Å². The second-order valence-corrected chi connectivity index (χ2v) is 8.37. The van der Waals surface area contributed by atoms with E-state index in [2.05, 4.69) is 10.0 Å². The molecule has 2 N–H and O–H groups in total. The lowest BCUT2D eigenvalue weighted by molar-refractivity contribution is 0.102. The predicted molar refractivity (Wildman–Crippen MR) is 114 cm³/mol. The van der Waals surface area contributed by atoms with Crippen molar-refractivity contribution in [2.24, 2.45) is 0 Å². The van der Waals surface area contributed by atoms with Crippen molar-refractivity contribution in [2.45, 2.75) is 11.8 Å². The number of halogens is 1. The molecular formula is C21H19ClN2O4S. The second-order valence-electron chi connectivity index (χ2n) is 6.28. The highest BCUT2D eigenvalue weighted by molar-refractivity contribution is 7.92. The number of hydrogen-bond donors (Lipinski definition) is 2. The maximum Gasteiger partial charge on any atom is 0.261 e. The zero-order valence-corrected chi connectivity index (χ0v) is 17.3. The highest BCUT2D eigenvalue weighted by Gasteiger charge is 2.15. The Morgan fingerprint density at radius 1 is 0.931 bits per heavy atom. The largest absolute Gasteiger partial charge is 0.497 e. The van der Waals surface area contributed by atoms with Gasteiger partial charge < -0.3 is 10.1 Å². The summed E-state index contributed by atoms with van der Waals surface area (Å²) in [5, 5.41) is 3.32. The van der Waals surface area contributed by atoms with Crippen LogP contribution in [0.1, 0.15) is 15.9 Å². The van der Waals surface area contributed by atoms with Crippen molar-refractivity contribution in [3.63, 3.8) is 0 Å². The van der Waals surface area contributed by atoms with Crippen molar-refractivity contribution in [1.82, 2.24) is 0 Å². The molecule has 0 unspecified atom stereocenters. The molecule has 3 rings (SSSR count). The second kappa shape index (κ2) is 8.55. The monoisotopic (exact) mass is 430 g/mol. The molecule has 0 saturated heterocycles. The van der Waals surface area contributed by atoms with Gasteiger partial charge in [-0.2, -0.15) is 0 Å². The molecule has 0 spiro atoms. The van der Waals surface area contributed by atoms with Crippen molar-refractivity contribution in [3.8, 4) is 5.75 Å². The number of amides is 1. The molecule has 0 heterocycles. The van der Waals surface area contributed by atoms with Gasteiger partial charge in [0.05, 0.1) is 12.0 Å². The van der Waals surface area contributed by atoms with Crippen LogP contribution in [-0.2, 0) is 10.0 Å². The summed E-state index contributed by atoms with van der Waals surface area (Å²) in [6, 6.07) is 17.4. The third-order valence-corrected chi connectivity index (χ3v) is 6.00. The molecule has 0 aromatic heterocycles. The maximum atomic E-state index is 12.5. The van der Waals surface area contributed by atoms with Crippen LogP contribution < -0.4 is 14.8 Å². The lowest BCUT2D eigenvalue weighted by Crippen LogP contribution is -2.14. The molecule has 3 aromatic rings. The van der Waals surface area contributed by atoms with Gasteiger partial charge in [0.2, 0.25) is 0 Å². The third-order valence-electron chi connectivity index (χ3n) is 4.20. The van der Waals surface area contributed by atoms with Gasteiger partial charge in [0.1, 0.15) is 5.75 Å². The van der Waals surface area contributed by atoms with Gasteiger partial charge in [-0.15, -0.1) is 0 Å². The number of carbonyl (C=O) groups excluding carboxylic acids is 1. The van der Waals surface area contributed by atoms with Crippen LogP contribution in [0.3, 0.4) is 0 Å². The predicted octanol–water partition coefficient (Wildman–Crippen LogP) is 4.71. The first-order valence-electron chi connectivity index (χ1n) is 8.63. The van der Waals surface area contributed by atoms with E-state index < -0.39 is 10.0 Å². The number of anilines is 2. The van der Waals surface area contributed by atoms with E-state index in [1.165, 1.54) is 43.5 Å². The number of carbonyl (C=O) groups is 1. The van der Waals surface area contributed by atoms with Crippen LogP contribution in [0.15, 0.2) is 71.6 Å². The Balaban J connectivity index is 1.70. The molecular weight excluding hydrogens is 412 g/mol. The summed E-state index contributed by atoms with van der Waals surface area (Å²) in [4.78, 5) is 12.5. The van der Waals surface area contributed by atoms with Crippen LogP contribution in [0.2, 0.25) is 5.02 Å². The van der Waals surface area contributed by atoms with Gasteiger partial charge in [0.15, 0.2) is 0 Å². The van der Waals surface area contributed by atoms with Crippen LogP contribution in [-0.4, -0.2) is 21.4 Å². The van der Waals surface area contributed by atoms with E-state index in [0.29, 0.717) is 27.7 Å². The van der Waals surface area contributed by atoms with Gasteiger partial charge in [-0.1, -0.05) is 17.7 Å². The molecule has 0 saturated carbocycles. The summed E-state index contributed by atoms with van der Waals surface area (Å²) in [5.74, 6) is 0.240. The molecule has 6 nitrogen and oxygen atoms in total. The van der Waals surface area contributed by atoms with E-state index in [4.69, 9.17) is 16.3 Å². The first-order chi connectivity index (χ1) is 13.8. The van der Waals surface area contributed by atoms with E-state index in [-0.39, 0.29) is 10.8 Å². The number of nitrogens with one attached hydrogen (secondary N) is 2. The van der Waals surface area contributed by atoms with Crippen molar-refractivity contribution >= 4 is 38.9 Å². The quantitative estimate of drug-likeness (QED) is 0.593. The van der Waals surface area contributed by atoms with Crippen molar-refractivity contribution in [3.05, 3.63) is 82.9 Å². The zero-order valence-electron chi connectivity index (χ0n) is 15.8. The number of ether oxygens (including phenoxy) is 1. The molecule has 0 bridgehead atoms. The van der Waals surface area contributed by atoms with Gasteiger partial charge >= 0.3 is 0 Å². The minimum Gasteiger partial charge on any atom is -0.497 e. The number of aryl methyl sites for hydroxylation is 1. The Hall–Kier alpha value is -3.03. The third kappa shape index (κ3) is 5.07. The maximum absolute atomic E-state index is 12.5. The zero-order chi connectivity index (χ0) is 21.0. The van der Waals surface area contributed by atoms with Crippen LogP contribution >= 0.6 is 11.6 Å². The van der Waals surface area contributed by atoms with E-state index >= 15 is 0 Å². The Bertz CT molecular complexity index is 1130. The van der Waals surface area contributed by atoms with Gasteiger partial charge in [0.25, 0.3) is 15.9 Å². The first-order valence-corrected chi connectivity index (χ1v) is 10.5. The molecule has 0 aliphatic carbocycles. The topological polar surface area (TPSA) is 84.5 Å². The number of hydrogen-bond acceptors (Lipinski definition) is 4. The average Bonchev–Trinajstić information content (AvgIpc) is 2.71. The summed E-state index contributed by atoms with van der Waals surface area (Å²) in [6.45, 7) is 1.87. The van der Waals surface area contributed by atoms with E-state index in [1.54, 1.807) is 24.3 Å². The Morgan fingerprint density at radius 3 is 2.14 bits per heavy atom. The number of benzene rings is 3. The van der Waals surface area contributed by atoms with Crippen LogP contribution in [0.5, 0.6) is 5.75 Å². The van der Waals surface area contributed by atoms with Gasteiger partial charge in [-0.3, -0.25) is 9.52 Å². The number of methoxy groups -OCH3 is 1. The molecule has 0 aliphatic heterocycles. The molecule has 0 fully saturated rings. The fourth-order valence-corrected chi connectivity index (χ4v) is 3.77. The highest BCUT2D eigenvalue weighted by atomic mass is 35.5. The molecule has 150 valence electrons. The minimum atomic E-state index is -3.75. The summed E-state index contributed by atoms with van der Waals surface area (Å²) < 4.78 is 32.5. The SMILES string of the molecule is COc1ccc(S(=O)(=O)Nc2ccc(C(=O)Nc3ccc(C)c(Cl)c3)cc2)cc1. The summed E-state index contributed by atoms with van der Waals surface area (Å²) in [5.41, 5.74) is 2.22. The molecule has 29 heavy (non-hydrogen) atoms. The molecule has 3 aromatic carbocycles. The van der Waals surface area contributed by atoms with Crippen LogP contribution in [0, 0.1) is 6.92 Å². The standard InChI is InChI=1S/C21H19ClN2O4S/c1-14-3-6-17(13-20(14)22)23-21(25)15-4-7-16(8-5-15)24-29(26,27)19-11-9-18(28-2)10-12-19/h3-13,24H,1-2H3,(H,23,25). The Morgan fingerprint density at radius 2 is 1.55 bits per heavy atom. The van der Waals surface area contributed by atoms with Crippen LogP contribution in [0.4, 0.5) is 11.4 Å². The molecule has 8 heteroatoms. The van der Waals surface area contributed by atoms with Gasteiger partial charge in [0, 0.05) is 22.0 Å². The minimum absolute atomic E-state index is 0.108. The Kier molecular flexibility index (Phi) is 6.10. The fraction of sp³-hybridized carbons (Fsp3) is 0.0952. The number of sulfonamides is 1. The highest BCUT2D eigenvalue weighted by Crippen LogP contribution is 2.22. The molecule has 0 radical (unpaired) electrons. The summed E-state index contributed by atoms with van der Waals surface area (Å²) in [6.07, 6.45) is 0. The lowest BCUT2D eigenvalue weighted by atomic mass is 10.2. The smallest absolute Gasteiger partial charge is 0.261 e. The molecule has 0 atom stereocenters. The van der Waals surface area contributed by atoms with E-state index in [9.17, 15) is 13.2 Å². The fourth-order valence-electron chi connectivity index (χ4n) is 2.53. The van der Waals surface area contributed by atoms with Crippen molar-refractivity contribution < 1.29 is 17.9 Å². The number of rotatable bonds is 6. The van der Waals surface area contributed by atoms with E-state index in [0.717, 1.165) is 5.56 Å².